The Kier molecular flexibility index (Phi) is 3.23. The lowest BCUT2D eigenvalue weighted by Crippen LogP contribution is -1.99. The van der Waals surface area contributed by atoms with Gasteiger partial charge in [-0.1, -0.05) is 0 Å². The molecule has 0 amide bonds. The van der Waals surface area contributed by atoms with Crippen molar-refractivity contribution >= 4 is 17.2 Å². The van der Waals surface area contributed by atoms with Gasteiger partial charge in [-0.15, -0.1) is 0 Å². The normalized spacial score (nSPS) is 10.2. The van der Waals surface area contributed by atoms with E-state index < -0.39 is 0 Å². The molecule has 1 aromatic heterocycles. The molecule has 0 N–H and O–H groups in total. The predicted octanol–water partition coefficient (Wildman–Crippen LogP) is 2.13. The molecule has 2 rings (SSSR count). The van der Waals surface area contributed by atoms with Gasteiger partial charge in [0.05, 0.1) is 12.6 Å². The van der Waals surface area contributed by atoms with Gasteiger partial charge >= 0.3 is 0 Å². The van der Waals surface area contributed by atoms with Crippen molar-refractivity contribution in [1.82, 2.24) is 4.98 Å². The van der Waals surface area contributed by atoms with Crippen LogP contribution in [0.25, 0.3) is 10.9 Å². The Balaban J connectivity index is 2.55. The number of hydrogen-bond donors (Lipinski definition) is 0. The number of hydrogen-bond acceptors (Lipinski definition) is 4. The first-order chi connectivity index (χ1) is 8.24. The predicted molar refractivity (Wildman–Crippen MR) is 64.6 cm³/mol. The molecule has 1 heterocycles. The summed E-state index contributed by atoms with van der Waals surface area (Å²) in [5, 5.41) is 0.873. The molecular weight excluding hydrogens is 218 g/mol. The first-order valence-corrected chi connectivity index (χ1v) is 5.26. The van der Waals surface area contributed by atoms with Gasteiger partial charge in [0.25, 0.3) is 0 Å². The second-order valence-electron chi connectivity index (χ2n) is 3.62. The van der Waals surface area contributed by atoms with Crippen LogP contribution in [0, 0.1) is 6.92 Å². The molecule has 0 aliphatic heterocycles. The molecule has 17 heavy (non-hydrogen) atoms. The highest BCUT2D eigenvalue weighted by Crippen LogP contribution is 2.28. The summed E-state index contributed by atoms with van der Waals surface area (Å²) in [5.74, 6) is 1.42. The molecule has 88 valence electrons. The number of aryl methyl sites for hydroxylation is 1. The molecule has 4 nitrogen and oxygen atoms in total. The zero-order chi connectivity index (χ0) is 12.3. The number of carbonyl (C=O) groups excluding carboxylic acids is 1. The van der Waals surface area contributed by atoms with E-state index in [-0.39, 0.29) is 6.61 Å². The average molecular weight is 231 g/mol. The summed E-state index contributed by atoms with van der Waals surface area (Å²) in [6.45, 7) is 1.93. The molecule has 0 aliphatic rings. The molecular formula is C13H13NO3. The van der Waals surface area contributed by atoms with Gasteiger partial charge in [0, 0.05) is 23.2 Å². The fourth-order valence-corrected chi connectivity index (χ4v) is 1.67. The van der Waals surface area contributed by atoms with Gasteiger partial charge < -0.3 is 9.47 Å². The topological polar surface area (TPSA) is 48.4 Å². The Labute approximate surface area is 99.2 Å². The van der Waals surface area contributed by atoms with Crippen LogP contribution in [0.3, 0.4) is 0 Å². The number of benzene rings is 1. The molecule has 0 fully saturated rings. The van der Waals surface area contributed by atoms with E-state index in [1.807, 2.05) is 31.2 Å². The summed E-state index contributed by atoms with van der Waals surface area (Å²) in [4.78, 5) is 14.7. The lowest BCUT2D eigenvalue weighted by atomic mass is 10.2. The zero-order valence-electron chi connectivity index (χ0n) is 9.77. The summed E-state index contributed by atoms with van der Waals surface area (Å²) in [6.07, 6.45) is 0.727. The molecule has 0 unspecified atom stereocenters. The van der Waals surface area contributed by atoms with Crippen LogP contribution in [0.2, 0.25) is 0 Å². The number of methoxy groups -OCH3 is 1. The number of aromatic nitrogens is 1. The minimum absolute atomic E-state index is 0.0462. The van der Waals surface area contributed by atoms with Crippen LogP contribution in [0.1, 0.15) is 5.69 Å². The Morgan fingerprint density at radius 2 is 2.18 bits per heavy atom. The van der Waals surface area contributed by atoms with E-state index in [1.54, 1.807) is 7.11 Å². The summed E-state index contributed by atoms with van der Waals surface area (Å²) in [7, 11) is 1.61. The van der Waals surface area contributed by atoms with Gasteiger partial charge in [-0.2, -0.15) is 0 Å². The SMILES string of the molecule is COc1ccc2c(OCC=O)cc(C)nc2c1. The monoisotopic (exact) mass is 231 g/mol. The summed E-state index contributed by atoms with van der Waals surface area (Å²) < 4.78 is 10.5. The number of rotatable bonds is 4. The first-order valence-electron chi connectivity index (χ1n) is 5.26. The highest BCUT2D eigenvalue weighted by atomic mass is 16.5. The van der Waals surface area contributed by atoms with E-state index in [1.165, 1.54) is 0 Å². The van der Waals surface area contributed by atoms with Gasteiger partial charge in [0.15, 0.2) is 6.29 Å². The van der Waals surface area contributed by atoms with E-state index in [0.717, 1.165) is 28.6 Å². The van der Waals surface area contributed by atoms with E-state index in [9.17, 15) is 4.79 Å². The summed E-state index contributed by atoms with van der Waals surface area (Å²) in [6, 6.07) is 7.38. The Morgan fingerprint density at radius 3 is 2.88 bits per heavy atom. The van der Waals surface area contributed by atoms with Crippen LogP contribution in [0.15, 0.2) is 24.3 Å². The van der Waals surface area contributed by atoms with Gasteiger partial charge in [-0.25, -0.2) is 0 Å². The molecule has 0 aliphatic carbocycles. The van der Waals surface area contributed by atoms with Crippen LogP contribution in [0.4, 0.5) is 0 Å². The van der Waals surface area contributed by atoms with Crippen molar-refractivity contribution in [2.24, 2.45) is 0 Å². The first kappa shape index (κ1) is 11.4. The highest BCUT2D eigenvalue weighted by molar-refractivity contribution is 5.86. The van der Waals surface area contributed by atoms with Crippen LogP contribution in [0.5, 0.6) is 11.5 Å². The van der Waals surface area contributed by atoms with Crippen LogP contribution < -0.4 is 9.47 Å². The van der Waals surface area contributed by atoms with Crippen LogP contribution >= 0.6 is 0 Å². The number of pyridine rings is 1. The van der Waals surface area contributed by atoms with E-state index in [4.69, 9.17) is 9.47 Å². The molecule has 1 aromatic carbocycles. The molecule has 0 saturated heterocycles. The van der Waals surface area contributed by atoms with Gasteiger partial charge in [-0.3, -0.25) is 9.78 Å². The lowest BCUT2D eigenvalue weighted by Gasteiger charge is -2.09. The highest BCUT2D eigenvalue weighted by Gasteiger charge is 2.06. The van der Waals surface area contributed by atoms with Crippen molar-refractivity contribution < 1.29 is 14.3 Å². The Bertz CT molecular complexity index is 552. The largest absolute Gasteiger partial charge is 0.497 e. The molecule has 0 saturated carbocycles. The van der Waals surface area contributed by atoms with Gasteiger partial charge in [0.2, 0.25) is 0 Å². The maximum atomic E-state index is 10.3. The summed E-state index contributed by atoms with van der Waals surface area (Å²) >= 11 is 0. The lowest BCUT2D eigenvalue weighted by molar-refractivity contribution is -0.109. The van der Waals surface area contributed by atoms with Crippen molar-refractivity contribution in [3.8, 4) is 11.5 Å². The fourth-order valence-electron chi connectivity index (χ4n) is 1.67. The number of carbonyl (C=O) groups is 1. The van der Waals surface area contributed by atoms with Crippen molar-refractivity contribution in [2.75, 3.05) is 13.7 Å². The number of nitrogens with zero attached hydrogens (tertiary/aromatic N) is 1. The van der Waals surface area contributed by atoms with Gasteiger partial charge in [-0.05, 0) is 19.1 Å². The smallest absolute Gasteiger partial charge is 0.157 e. The quantitative estimate of drug-likeness (QED) is 0.756. The maximum absolute atomic E-state index is 10.3. The fraction of sp³-hybridized carbons (Fsp3) is 0.231. The molecule has 0 atom stereocenters. The maximum Gasteiger partial charge on any atom is 0.157 e. The molecule has 4 heteroatoms. The Hall–Kier alpha value is -2.10. The second kappa shape index (κ2) is 4.82. The third-order valence-electron chi connectivity index (χ3n) is 2.41. The van der Waals surface area contributed by atoms with E-state index >= 15 is 0 Å². The molecule has 2 aromatic rings. The van der Waals surface area contributed by atoms with Crippen LogP contribution in [-0.4, -0.2) is 25.0 Å². The minimum atomic E-state index is 0.0462. The standard InChI is InChI=1S/C13H13NO3/c1-9-7-13(17-6-5-15)11-4-3-10(16-2)8-12(11)14-9/h3-5,7-8H,6H2,1-2H3. The average Bonchev–Trinajstić information content (AvgIpc) is 2.34. The summed E-state index contributed by atoms with van der Waals surface area (Å²) in [5.41, 5.74) is 1.64. The van der Waals surface area contributed by atoms with E-state index in [0.29, 0.717) is 5.75 Å². The Morgan fingerprint density at radius 1 is 1.35 bits per heavy atom. The third-order valence-corrected chi connectivity index (χ3v) is 2.41. The van der Waals surface area contributed by atoms with Crippen molar-refractivity contribution in [3.05, 3.63) is 30.0 Å². The van der Waals surface area contributed by atoms with E-state index in [2.05, 4.69) is 4.98 Å². The zero-order valence-corrected chi connectivity index (χ0v) is 9.77. The number of fused-ring (bicyclic) bond motifs is 1. The minimum Gasteiger partial charge on any atom is -0.497 e. The number of ether oxygens (including phenoxy) is 2. The molecule has 0 bridgehead atoms. The molecule has 0 radical (unpaired) electrons. The molecule has 0 spiro atoms. The third kappa shape index (κ3) is 2.36. The van der Waals surface area contributed by atoms with Crippen LogP contribution in [-0.2, 0) is 4.79 Å². The van der Waals surface area contributed by atoms with Crippen molar-refractivity contribution in [1.29, 1.82) is 0 Å². The number of aldehydes is 1. The second-order valence-corrected chi connectivity index (χ2v) is 3.62. The van der Waals surface area contributed by atoms with Crippen molar-refractivity contribution in [2.45, 2.75) is 6.92 Å². The van der Waals surface area contributed by atoms with Crippen molar-refractivity contribution in [3.63, 3.8) is 0 Å². The van der Waals surface area contributed by atoms with Gasteiger partial charge in [0.1, 0.15) is 18.1 Å².